The zero-order chi connectivity index (χ0) is 10.8. The van der Waals surface area contributed by atoms with Crippen LogP contribution in [0.15, 0.2) is 18.2 Å². The number of benzene rings is 1. The molecule has 0 unspecified atom stereocenters. The molecule has 0 fully saturated rings. The first-order chi connectivity index (χ1) is 6.46. The smallest absolute Gasteiger partial charge is 0.242 e. The third-order valence-corrected chi connectivity index (χ3v) is 3.99. The van der Waals surface area contributed by atoms with Crippen LogP contribution in [0.4, 0.5) is 14.5 Å². The maximum absolute atomic E-state index is 13.0. The van der Waals surface area contributed by atoms with E-state index in [2.05, 4.69) is 15.9 Å². The zero-order valence-corrected chi connectivity index (χ0v) is 9.20. The Balaban J connectivity index is 3.05. The molecule has 0 aliphatic heterocycles. The molecule has 0 bridgehead atoms. The van der Waals surface area contributed by atoms with E-state index >= 15 is 0 Å². The summed E-state index contributed by atoms with van der Waals surface area (Å²) in [5.41, 5.74) is -0.399. The fraction of sp³-hybridized carbons (Fsp3) is 0.143. The standard InChI is InChI=1S/C7H6BrF2NO2S/c8-4-14(12,13)11-6-3-1-2-5(9)7(6)10/h1-3,11H,4H2. The van der Waals surface area contributed by atoms with Crippen LogP contribution < -0.4 is 4.72 Å². The molecule has 0 heterocycles. The molecule has 0 atom stereocenters. The van der Waals surface area contributed by atoms with Crippen LogP contribution in [0.3, 0.4) is 0 Å². The van der Waals surface area contributed by atoms with E-state index in [1.54, 1.807) is 0 Å². The van der Waals surface area contributed by atoms with Gasteiger partial charge in [0.1, 0.15) is 4.66 Å². The molecule has 1 rings (SSSR count). The second-order valence-electron chi connectivity index (χ2n) is 2.43. The number of anilines is 1. The van der Waals surface area contributed by atoms with Gasteiger partial charge in [-0.1, -0.05) is 22.0 Å². The lowest BCUT2D eigenvalue weighted by atomic mass is 10.3. The van der Waals surface area contributed by atoms with Gasteiger partial charge in [0.05, 0.1) is 5.69 Å². The zero-order valence-electron chi connectivity index (χ0n) is 6.80. The molecule has 14 heavy (non-hydrogen) atoms. The van der Waals surface area contributed by atoms with Crippen LogP contribution in [0.1, 0.15) is 0 Å². The molecule has 7 heteroatoms. The van der Waals surface area contributed by atoms with Crippen LogP contribution in [-0.4, -0.2) is 13.1 Å². The lowest BCUT2D eigenvalue weighted by Gasteiger charge is -2.06. The number of halogens is 3. The Morgan fingerprint density at radius 3 is 2.57 bits per heavy atom. The normalized spacial score (nSPS) is 11.4. The van der Waals surface area contributed by atoms with Crippen molar-refractivity contribution in [2.75, 3.05) is 9.38 Å². The summed E-state index contributed by atoms with van der Waals surface area (Å²) >= 11 is 2.70. The minimum atomic E-state index is -3.65. The van der Waals surface area contributed by atoms with Crippen molar-refractivity contribution in [2.45, 2.75) is 0 Å². The summed E-state index contributed by atoms with van der Waals surface area (Å²) in [5.74, 6) is -2.31. The van der Waals surface area contributed by atoms with Crippen LogP contribution in [0.5, 0.6) is 0 Å². The lowest BCUT2D eigenvalue weighted by Crippen LogP contribution is -2.14. The average molecular weight is 286 g/mol. The van der Waals surface area contributed by atoms with Crippen molar-refractivity contribution in [3.05, 3.63) is 29.8 Å². The number of hydrogen-bond acceptors (Lipinski definition) is 2. The molecule has 1 aromatic carbocycles. The average Bonchev–Trinajstić information content (AvgIpc) is 2.13. The Bertz CT molecular complexity index is 435. The summed E-state index contributed by atoms with van der Waals surface area (Å²) in [4.78, 5) is 0. The number of nitrogens with one attached hydrogen (secondary N) is 1. The molecule has 1 aromatic rings. The predicted octanol–water partition coefficient (Wildman–Crippen LogP) is 2.06. The maximum atomic E-state index is 13.0. The molecule has 0 radical (unpaired) electrons. The van der Waals surface area contributed by atoms with Crippen molar-refractivity contribution in [3.8, 4) is 0 Å². The highest BCUT2D eigenvalue weighted by Crippen LogP contribution is 2.18. The number of rotatable bonds is 3. The van der Waals surface area contributed by atoms with Gasteiger partial charge in [-0.15, -0.1) is 0 Å². The van der Waals surface area contributed by atoms with E-state index in [4.69, 9.17) is 0 Å². The van der Waals surface area contributed by atoms with Gasteiger partial charge in [0.2, 0.25) is 10.0 Å². The Hall–Kier alpha value is -0.690. The second kappa shape index (κ2) is 4.22. The summed E-state index contributed by atoms with van der Waals surface area (Å²) < 4.78 is 49.1. The molecule has 0 aromatic heterocycles. The fourth-order valence-corrected chi connectivity index (χ4v) is 1.67. The molecular formula is C7H6BrF2NO2S. The fourth-order valence-electron chi connectivity index (χ4n) is 0.777. The molecule has 0 aliphatic rings. The van der Waals surface area contributed by atoms with Crippen molar-refractivity contribution < 1.29 is 17.2 Å². The Labute approximate surface area is 88.3 Å². The van der Waals surface area contributed by atoms with Gasteiger partial charge >= 0.3 is 0 Å². The van der Waals surface area contributed by atoms with Crippen LogP contribution in [0, 0.1) is 11.6 Å². The maximum Gasteiger partial charge on any atom is 0.242 e. The Kier molecular flexibility index (Phi) is 3.43. The van der Waals surface area contributed by atoms with Gasteiger partial charge in [-0.25, -0.2) is 17.2 Å². The summed E-state index contributed by atoms with van der Waals surface area (Å²) in [6, 6.07) is 3.25. The molecule has 3 nitrogen and oxygen atoms in total. The highest BCUT2D eigenvalue weighted by atomic mass is 79.9. The van der Waals surface area contributed by atoms with E-state index in [0.29, 0.717) is 0 Å². The van der Waals surface area contributed by atoms with Crippen molar-refractivity contribution in [2.24, 2.45) is 0 Å². The summed E-state index contributed by atoms with van der Waals surface area (Å²) in [6.45, 7) is 0. The monoisotopic (exact) mass is 285 g/mol. The van der Waals surface area contributed by atoms with E-state index < -0.39 is 27.3 Å². The highest BCUT2D eigenvalue weighted by molar-refractivity contribution is 9.10. The SMILES string of the molecule is O=S(=O)(CBr)Nc1cccc(F)c1F. The first kappa shape index (κ1) is 11.4. The Morgan fingerprint density at radius 2 is 2.00 bits per heavy atom. The second-order valence-corrected chi connectivity index (χ2v) is 5.45. The molecule has 0 spiro atoms. The van der Waals surface area contributed by atoms with E-state index in [0.717, 1.165) is 12.1 Å². The number of sulfonamides is 1. The highest BCUT2D eigenvalue weighted by Gasteiger charge is 2.13. The predicted molar refractivity (Wildman–Crippen MR) is 52.7 cm³/mol. The molecule has 0 aliphatic carbocycles. The largest absolute Gasteiger partial charge is 0.280 e. The molecule has 0 saturated heterocycles. The van der Waals surface area contributed by atoms with Crippen LogP contribution in [-0.2, 0) is 10.0 Å². The van der Waals surface area contributed by atoms with E-state index in [1.165, 1.54) is 6.07 Å². The van der Waals surface area contributed by atoms with Gasteiger partial charge < -0.3 is 0 Å². The minimum Gasteiger partial charge on any atom is -0.280 e. The molecule has 0 saturated carbocycles. The third kappa shape index (κ3) is 2.65. The van der Waals surface area contributed by atoms with Gasteiger partial charge in [-0.3, -0.25) is 4.72 Å². The first-order valence-corrected chi connectivity index (χ1v) is 6.24. The number of hydrogen-bond donors (Lipinski definition) is 1. The lowest BCUT2D eigenvalue weighted by molar-refractivity contribution is 0.511. The van der Waals surface area contributed by atoms with E-state index in [1.807, 2.05) is 4.72 Å². The van der Waals surface area contributed by atoms with Gasteiger partial charge in [0, 0.05) is 0 Å². The summed E-state index contributed by atoms with van der Waals surface area (Å²) in [6.07, 6.45) is 0. The van der Waals surface area contributed by atoms with Crippen LogP contribution in [0.2, 0.25) is 0 Å². The minimum absolute atomic E-state index is 0.379. The van der Waals surface area contributed by atoms with Gasteiger partial charge in [0.25, 0.3) is 0 Å². The molecular weight excluding hydrogens is 280 g/mol. The summed E-state index contributed by atoms with van der Waals surface area (Å²) in [5, 5.41) is 0. The van der Waals surface area contributed by atoms with Crippen molar-refractivity contribution >= 4 is 31.6 Å². The Morgan fingerprint density at radius 1 is 1.36 bits per heavy atom. The van der Waals surface area contributed by atoms with E-state index in [9.17, 15) is 17.2 Å². The third-order valence-electron chi connectivity index (χ3n) is 1.36. The molecule has 0 amide bonds. The van der Waals surface area contributed by atoms with Gasteiger partial charge in [-0.05, 0) is 12.1 Å². The topological polar surface area (TPSA) is 46.2 Å². The first-order valence-electron chi connectivity index (χ1n) is 3.47. The van der Waals surface area contributed by atoms with Crippen LogP contribution >= 0.6 is 15.9 Å². The van der Waals surface area contributed by atoms with E-state index in [-0.39, 0.29) is 4.66 Å². The number of alkyl halides is 1. The summed E-state index contributed by atoms with van der Waals surface area (Å²) in [7, 11) is -3.65. The quantitative estimate of drug-likeness (QED) is 0.864. The van der Waals surface area contributed by atoms with Crippen molar-refractivity contribution in [1.29, 1.82) is 0 Å². The molecule has 1 N–H and O–H groups in total. The molecule has 78 valence electrons. The van der Waals surface area contributed by atoms with Crippen LogP contribution in [0.25, 0.3) is 0 Å². The van der Waals surface area contributed by atoms with Crippen molar-refractivity contribution in [3.63, 3.8) is 0 Å². The van der Waals surface area contributed by atoms with Crippen molar-refractivity contribution in [1.82, 2.24) is 0 Å². The van der Waals surface area contributed by atoms with Gasteiger partial charge in [-0.2, -0.15) is 0 Å². The van der Waals surface area contributed by atoms with Gasteiger partial charge in [0.15, 0.2) is 11.6 Å².